The van der Waals surface area contributed by atoms with Crippen molar-refractivity contribution in [1.29, 1.82) is 0 Å². The first kappa shape index (κ1) is 14.1. The smallest absolute Gasteiger partial charge is 0.256 e. The Morgan fingerprint density at radius 3 is 2.40 bits per heavy atom. The topological polar surface area (TPSA) is 67.0 Å². The molecular weight excluding hydrogens is 254 g/mol. The van der Waals surface area contributed by atoms with Gasteiger partial charge in [-0.3, -0.25) is 9.89 Å². The van der Waals surface area contributed by atoms with E-state index in [9.17, 15) is 4.79 Å². The van der Waals surface area contributed by atoms with Gasteiger partial charge in [-0.1, -0.05) is 0 Å². The van der Waals surface area contributed by atoms with Gasteiger partial charge in [0.25, 0.3) is 5.91 Å². The van der Waals surface area contributed by atoms with E-state index in [-0.39, 0.29) is 11.5 Å². The first-order chi connectivity index (χ1) is 9.33. The molecule has 0 aliphatic carbocycles. The number of nitrogens with zero attached hydrogens (tertiary/aromatic N) is 1. The number of rotatable bonds is 3. The summed E-state index contributed by atoms with van der Waals surface area (Å²) in [6, 6.07) is 8.81. The van der Waals surface area contributed by atoms with Crippen molar-refractivity contribution in [3.63, 3.8) is 0 Å². The zero-order valence-electron chi connectivity index (χ0n) is 12.2. The van der Waals surface area contributed by atoms with Crippen LogP contribution < -0.4 is 10.1 Å². The average molecular weight is 273 g/mol. The third-order valence-corrected chi connectivity index (χ3v) is 2.49. The quantitative estimate of drug-likeness (QED) is 0.902. The molecule has 0 radical (unpaired) electrons. The van der Waals surface area contributed by atoms with Crippen molar-refractivity contribution in [3.05, 3.63) is 41.6 Å². The molecule has 0 aliphatic heterocycles. The molecule has 2 aromatic rings. The molecule has 0 saturated carbocycles. The Morgan fingerprint density at radius 1 is 1.25 bits per heavy atom. The summed E-state index contributed by atoms with van der Waals surface area (Å²) in [5.41, 5.74) is 1.21. The Morgan fingerprint density at radius 2 is 1.90 bits per heavy atom. The third-order valence-electron chi connectivity index (χ3n) is 2.49. The molecule has 0 saturated heterocycles. The molecule has 0 aliphatic rings. The van der Waals surface area contributed by atoms with Crippen LogP contribution in [0.15, 0.2) is 30.3 Å². The first-order valence-corrected chi connectivity index (χ1v) is 6.46. The fourth-order valence-corrected chi connectivity index (χ4v) is 1.70. The number of carbonyl (C=O) groups is 1. The predicted octanol–water partition coefficient (Wildman–Crippen LogP) is 3.15. The van der Waals surface area contributed by atoms with E-state index in [2.05, 4.69) is 15.5 Å². The van der Waals surface area contributed by atoms with Crippen molar-refractivity contribution < 1.29 is 9.53 Å². The van der Waals surface area contributed by atoms with Gasteiger partial charge in [-0.05, 0) is 52.0 Å². The largest absolute Gasteiger partial charge is 0.488 e. The number of hydrogen-bond donors (Lipinski definition) is 2. The van der Waals surface area contributed by atoms with Crippen LogP contribution in [-0.4, -0.2) is 21.7 Å². The molecule has 0 fully saturated rings. The second kappa shape index (κ2) is 5.36. The summed E-state index contributed by atoms with van der Waals surface area (Å²) in [5, 5.41) is 9.47. The van der Waals surface area contributed by atoms with Gasteiger partial charge in [0, 0.05) is 17.3 Å². The van der Waals surface area contributed by atoms with Gasteiger partial charge in [-0.25, -0.2) is 0 Å². The van der Waals surface area contributed by atoms with E-state index in [1.54, 1.807) is 30.3 Å². The number of carbonyl (C=O) groups excluding carboxylic acids is 1. The van der Waals surface area contributed by atoms with E-state index in [0.29, 0.717) is 11.4 Å². The molecule has 2 rings (SSSR count). The number of aromatic amines is 1. The molecule has 20 heavy (non-hydrogen) atoms. The van der Waals surface area contributed by atoms with E-state index in [1.165, 1.54) is 0 Å². The average Bonchev–Trinajstić information content (AvgIpc) is 2.73. The minimum atomic E-state index is -0.254. The molecule has 0 atom stereocenters. The molecule has 2 N–H and O–H groups in total. The lowest BCUT2D eigenvalue weighted by Crippen LogP contribution is -2.23. The Bertz CT molecular complexity index is 594. The van der Waals surface area contributed by atoms with Gasteiger partial charge in [-0.15, -0.1) is 0 Å². The lowest BCUT2D eigenvalue weighted by atomic mass is 10.1. The van der Waals surface area contributed by atoms with E-state index in [1.807, 2.05) is 27.7 Å². The maximum absolute atomic E-state index is 12.0. The van der Waals surface area contributed by atoms with Gasteiger partial charge >= 0.3 is 0 Å². The van der Waals surface area contributed by atoms with Crippen LogP contribution in [-0.2, 0) is 0 Å². The van der Waals surface area contributed by atoms with Crippen molar-refractivity contribution >= 4 is 11.7 Å². The summed E-state index contributed by atoms with van der Waals surface area (Å²) < 4.78 is 5.71. The lowest BCUT2D eigenvalue weighted by molar-refractivity contribution is 0.102. The molecule has 1 heterocycles. The summed E-state index contributed by atoms with van der Waals surface area (Å²) in [6.07, 6.45) is 0. The monoisotopic (exact) mass is 273 g/mol. The van der Waals surface area contributed by atoms with Crippen molar-refractivity contribution in [3.8, 4) is 5.75 Å². The van der Waals surface area contributed by atoms with Crippen LogP contribution in [0.4, 0.5) is 5.82 Å². The fourth-order valence-electron chi connectivity index (χ4n) is 1.70. The molecule has 0 bridgehead atoms. The van der Waals surface area contributed by atoms with Crippen LogP contribution in [0.25, 0.3) is 0 Å². The van der Waals surface area contributed by atoms with Crippen LogP contribution in [0.2, 0.25) is 0 Å². The zero-order chi connectivity index (χ0) is 14.8. The number of amides is 1. The number of aryl methyl sites for hydroxylation is 1. The van der Waals surface area contributed by atoms with Crippen LogP contribution in [0.3, 0.4) is 0 Å². The van der Waals surface area contributed by atoms with Crippen molar-refractivity contribution in [2.75, 3.05) is 5.32 Å². The molecule has 5 heteroatoms. The van der Waals surface area contributed by atoms with Gasteiger partial charge in [0.05, 0.1) is 0 Å². The van der Waals surface area contributed by atoms with Crippen molar-refractivity contribution in [1.82, 2.24) is 10.2 Å². The standard InChI is InChI=1S/C15H19N3O2/c1-10-9-13(18-17-10)16-14(19)11-5-7-12(8-6-11)20-15(2,3)4/h5-9H,1-4H3,(H2,16,17,18,19). The maximum Gasteiger partial charge on any atom is 0.256 e. The number of H-pyrrole nitrogens is 1. The van der Waals surface area contributed by atoms with Gasteiger partial charge in [0.2, 0.25) is 0 Å². The van der Waals surface area contributed by atoms with Crippen LogP contribution in [0, 0.1) is 6.92 Å². The van der Waals surface area contributed by atoms with Gasteiger partial charge < -0.3 is 10.1 Å². The normalized spacial score (nSPS) is 11.2. The number of benzene rings is 1. The van der Waals surface area contributed by atoms with Gasteiger partial charge in [0.15, 0.2) is 5.82 Å². The minimum absolute atomic E-state index is 0.196. The Hall–Kier alpha value is -2.30. The third kappa shape index (κ3) is 3.85. The second-order valence-electron chi connectivity index (χ2n) is 5.63. The highest BCUT2D eigenvalue weighted by atomic mass is 16.5. The predicted molar refractivity (Wildman–Crippen MR) is 78.1 cm³/mol. The second-order valence-corrected chi connectivity index (χ2v) is 5.63. The van der Waals surface area contributed by atoms with Crippen LogP contribution in [0.1, 0.15) is 36.8 Å². The fraction of sp³-hybridized carbons (Fsp3) is 0.333. The SMILES string of the molecule is Cc1cc(NC(=O)c2ccc(OC(C)(C)C)cc2)n[nH]1. The number of hydrogen-bond acceptors (Lipinski definition) is 3. The maximum atomic E-state index is 12.0. The van der Waals surface area contributed by atoms with Crippen LogP contribution >= 0.6 is 0 Å². The number of ether oxygens (including phenoxy) is 1. The van der Waals surface area contributed by atoms with E-state index < -0.39 is 0 Å². The summed E-state index contributed by atoms with van der Waals surface area (Å²) in [7, 11) is 0. The summed E-state index contributed by atoms with van der Waals surface area (Å²) in [4.78, 5) is 12.0. The molecule has 106 valence electrons. The zero-order valence-corrected chi connectivity index (χ0v) is 12.2. The molecule has 1 aromatic carbocycles. The number of aromatic nitrogens is 2. The Labute approximate surface area is 118 Å². The van der Waals surface area contributed by atoms with Crippen LogP contribution in [0.5, 0.6) is 5.75 Å². The molecule has 1 amide bonds. The van der Waals surface area contributed by atoms with Crippen molar-refractivity contribution in [2.45, 2.75) is 33.3 Å². The molecular formula is C15H19N3O2. The van der Waals surface area contributed by atoms with E-state index >= 15 is 0 Å². The summed E-state index contributed by atoms with van der Waals surface area (Å²) in [6.45, 7) is 7.82. The Kier molecular flexibility index (Phi) is 3.79. The van der Waals surface area contributed by atoms with Crippen molar-refractivity contribution in [2.24, 2.45) is 0 Å². The molecule has 0 spiro atoms. The number of nitrogens with one attached hydrogen (secondary N) is 2. The minimum Gasteiger partial charge on any atom is -0.488 e. The highest BCUT2D eigenvalue weighted by molar-refractivity contribution is 6.03. The highest BCUT2D eigenvalue weighted by Crippen LogP contribution is 2.19. The first-order valence-electron chi connectivity index (χ1n) is 6.46. The highest BCUT2D eigenvalue weighted by Gasteiger charge is 2.13. The van der Waals surface area contributed by atoms with Gasteiger partial charge in [-0.2, -0.15) is 5.10 Å². The summed E-state index contributed by atoms with van der Waals surface area (Å²) >= 11 is 0. The lowest BCUT2D eigenvalue weighted by Gasteiger charge is -2.21. The summed E-state index contributed by atoms with van der Waals surface area (Å²) in [5.74, 6) is 1.06. The Balaban J connectivity index is 2.04. The van der Waals surface area contributed by atoms with E-state index in [4.69, 9.17) is 4.74 Å². The van der Waals surface area contributed by atoms with E-state index in [0.717, 1.165) is 11.4 Å². The number of anilines is 1. The molecule has 1 aromatic heterocycles. The van der Waals surface area contributed by atoms with Gasteiger partial charge in [0.1, 0.15) is 11.4 Å². The molecule has 0 unspecified atom stereocenters. The molecule has 5 nitrogen and oxygen atoms in total.